The lowest BCUT2D eigenvalue weighted by Crippen LogP contribution is -2.33. The smallest absolute Gasteiger partial charge is 0.223 e. The van der Waals surface area contributed by atoms with Crippen molar-refractivity contribution >= 4 is 23.0 Å². The van der Waals surface area contributed by atoms with Gasteiger partial charge in [-0.1, -0.05) is 6.07 Å². The second-order valence-electron chi connectivity index (χ2n) is 8.07. The number of benzene rings is 1. The van der Waals surface area contributed by atoms with E-state index in [0.717, 1.165) is 25.7 Å². The van der Waals surface area contributed by atoms with Gasteiger partial charge in [0.25, 0.3) is 0 Å². The van der Waals surface area contributed by atoms with Crippen molar-refractivity contribution in [1.82, 2.24) is 19.4 Å². The van der Waals surface area contributed by atoms with E-state index in [2.05, 4.69) is 25.6 Å². The molecule has 7 nitrogen and oxygen atoms in total. The van der Waals surface area contributed by atoms with Crippen molar-refractivity contribution < 1.29 is 8.78 Å². The summed E-state index contributed by atoms with van der Waals surface area (Å²) in [6.45, 7) is 0. The number of nitrogens with two attached hydrogens (primary N) is 1. The lowest BCUT2D eigenvalue weighted by atomic mass is 9.92. The molecule has 32 heavy (non-hydrogen) atoms. The third-order valence-electron chi connectivity index (χ3n) is 5.71. The highest BCUT2D eigenvalue weighted by Gasteiger charge is 2.20. The molecule has 4 N–H and O–H groups in total. The molecule has 0 saturated heterocycles. The first-order chi connectivity index (χ1) is 15.5. The van der Waals surface area contributed by atoms with Gasteiger partial charge in [0.1, 0.15) is 17.2 Å². The van der Waals surface area contributed by atoms with Crippen LogP contribution in [-0.4, -0.2) is 31.4 Å². The molecule has 3 aromatic heterocycles. The molecule has 9 heteroatoms. The average molecular weight is 435 g/mol. The van der Waals surface area contributed by atoms with Gasteiger partial charge in [0, 0.05) is 24.0 Å². The van der Waals surface area contributed by atoms with Crippen LogP contribution in [0.15, 0.2) is 55.0 Å². The first-order valence-corrected chi connectivity index (χ1v) is 10.6. The van der Waals surface area contributed by atoms with E-state index in [-0.39, 0.29) is 23.6 Å². The molecular weight excluding hydrogens is 412 g/mol. The van der Waals surface area contributed by atoms with Crippen molar-refractivity contribution in [2.45, 2.75) is 37.8 Å². The van der Waals surface area contributed by atoms with Gasteiger partial charge in [-0.05, 0) is 56.0 Å². The summed E-state index contributed by atoms with van der Waals surface area (Å²) in [4.78, 5) is 12.9. The van der Waals surface area contributed by atoms with Crippen LogP contribution in [0.4, 0.5) is 26.1 Å². The van der Waals surface area contributed by atoms with Crippen molar-refractivity contribution in [3.05, 3.63) is 66.6 Å². The zero-order valence-corrected chi connectivity index (χ0v) is 17.3. The van der Waals surface area contributed by atoms with E-state index in [9.17, 15) is 8.78 Å². The molecule has 0 atom stereocenters. The van der Waals surface area contributed by atoms with Gasteiger partial charge in [-0.25, -0.2) is 23.7 Å². The Hall–Kier alpha value is -3.59. The number of fused-ring (bicyclic) bond motifs is 1. The van der Waals surface area contributed by atoms with Crippen LogP contribution < -0.4 is 16.4 Å². The lowest BCUT2D eigenvalue weighted by molar-refractivity contribution is 0.409. The Kier molecular flexibility index (Phi) is 5.40. The zero-order valence-electron chi connectivity index (χ0n) is 17.3. The molecule has 0 bridgehead atoms. The predicted molar refractivity (Wildman–Crippen MR) is 120 cm³/mol. The third kappa shape index (κ3) is 4.24. The van der Waals surface area contributed by atoms with E-state index < -0.39 is 5.82 Å². The van der Waals surface area contributed by atoms with Gasteiger partial charge in [0.15, 0.2) is 5.82 Å². The van der Waals surface area contributed by atoms with Gasteiger partial charge < -0.3 is 16.4 Å². The lowest BCUT2D eigenvalue weighted by Gasteiger charge is -2.26. The van der Waals surface area contributed by atoms with E-state index in [1.54, 1.807) is 35.0 Å². The number of pyridine rings is 1. The van der Waals surface area contributed by atoms with Gasteiger partial charge in [-0.2, -0.15) is 0 Å². The van der Waals surface area contributed by atoms with E-state index in [1.165, 1.54) is 18.3 Å². The fraction of sp³-hybridized carbons (Fsp3) is 0.261. The van der Waals surface area contributed by atoms with Crippen LogP contribution >= 0.6 is 0 Å². The summed E-state index contributed by atoms with van der Waals surface area (Å²) in [5, 5.41) is 6.46. The fourth-order valence-electron chi connectivity index (χ4n) is 4.03. The summed E-state index contributed by atoms with van der Waals surface area (Å²) >= 11 is 0. The van der Waals surface area contributed by atoms with Gasteiger partial charge in [-0.15, -0.1) is 0 Å². The minimum Gasteiger partial charge on any atom is -0.354 e. The molecule has 1 saturated carbocycles. The number of halogens is 2. The monoisotopic (exact) mass is 435 g/mol. The number of nitrogens with one attached hydrogen (secondary N) is 2. The number of aromatic nitrogens is 4. The molecule has 0 amide bonds. The molecule has 0 aliphatic heterocycles. The molecule has 1 aliphatic rings. The Labute approximate surface area is 183 Å². The maximum Gasteiger partial charge on any atom is 0.223 e. The molecule has 1 aliphatic carbocycles. The van der Waals surface area contributed by atoms with Crippen molar-refractivity contribution in [3.8, 4) is 11.4 Å². The molecule has 1 fully saturated rings. The first kappa shape index (κ1) is 20.3. The highest BCUT2D eigenvalue weighted by atomic mass is 19.1. The summed E-state index contributed by atoms with van der Waals surface area (Å²) < 4.78 is 30.0. The Bertz CT molecular complexity index is 1250. The largest absolute Gasteiger partial charge is 0.354 e. The normalized spacial score (nSPS) is 18.6. The number of hydrogen-bond acceptors (Lipinski definition) is 6. The van der Waals surface area contributed by atoms with Crippen molar-refractivity contribution in [1.29, 1.82) is 0 Å². The first-order valence-electron chi connectivity index (χ1n) is 10.6. The summed E-state index contributed by atoms with van der Waals surface area (Å²) in [5.41, 5.74) is 8.58. The predicted octanol–water partition coefficient (Wildman–Crippen LogP) is 4.49. The topological polar surface area (TPSA) is 93.2 Å². The Morgan fingerprint density at radius 2 is 1.81 bits per heavy atom. The van der Waals surface area contributed by atoms with Crippen molar-refractivity contribution in [3.63, 3.8) is 0 Å². The minimum atomic E-state index is -0.536. The number of imidazole rings is 1. The molecular formula is C23H23F2N7. The molecule has 0 radical (unpaired) electrons. The molecule has 3 heterocycles. The number of anilines is 3. The maximum absolute atomic E-state index is 14.7. The van der Waals surface area contributed by atoms with Gasteiger partial charge in [0.05, 0.1) is 23.8 Å². The van der Waals surface area contributed by atoms with Gasteiger partial charge in [-0.3, -0.25) is 4.40 Å². The van der Waals surface area contributed by atoms with E-state index in [0.29, 0.717) is 28.7 Å². The SMILES string of the molecule is N[C@H]1CC[C@H](Nc2ncc(F)c(-c3cnc4ccc(Nc5cccc(F)c5)cn34)n2)CC1. The number of nitrogens with zero attached hydrogens (tertiary/aromatic N) is 4. The highest BCUT2D eigenvalue weighted by Crippen LogP contribution is 2.26. The summed E-state index contributed by atoms with van der Waals surface area (Å²) in [5.74, 6) is -0.486. The van der Waals surface area contributed by atoms with E-state index >= 15 is 0 Å². The van der Waals surface area contributed by atoms with Gasteiger partial charge in [0.2, 0.25) is 5.95 Å². The van der Waals surface area contributed by atoms with Crippen molar-refractivity contribution in [2.24, 2.45) is 5.73 Å². The molecule has 0 spiro atoms. The van der Waals surface area contributed by atoms with E-state index in [1.807, 2.05) is 6.07 Å². The van der Waals surface area contributed by atoms with Gasteiger partial charge >= 0.3 is 0 Å². The van der Waals surface area contributed by atoms with Crippen LogP contribution in [0.3, 0.4) is 0 Å². The second kappa shape index (κ2) is 8.51. The number of rotatable bonds is 5. The van der Waals surface area contributed by atoms with E-state index in [4.69, 9.17) is 5.73 Å². The standard InChI is InChI=1S/C23H23F2N7/c24-14-2-1-3-17(10-14)29-18-8-9-21-27-12-20(32(21)13-18)22-19(25)11-28-23(31-22)30-16-6-4-15(26)5-7-16/h1-3,8-13,15-16,29H,4-7,26H2,(H,28,30,31)/t15-,16-. The summed E-state index contributed by atoms with van der Waals surface area (Å²) in [6, 6.07) is 10.3. The van der Waals surface area contributed by atoms with Crippen LogP contribution in [0.5, 0.6) is 0 Å². The Morgan fingerprint density at radius 1 is 0.969 bits per heavy atom. The zero-order chi connectivity index (χ0) is 22.1. The molecule has 4 aromatic rings. The van der Waals surface area contributed by atoms with Crippen molar-refractivity contribution in [2.75, 3.05) is 10.6 Å². The van der Waals surface area contributed by atoms with Crippen LogP contribution in [0, 0.1) is 11.6 Å². The average Bonchev–Trinajstić information content (AvgIpc) is 3.20. The summed E-state index contributed by atoms with van der Waals surface area (Å²) in [6.07, 6.45) is 8.29. The Balaban J connectivity index is 1.44. The van der Waals surface area contributed by atoms with Crippen LogP contribution in [0.2, 0.25) is 0 Å². The van der Waals surface area contributed by atoms with Crippen LogP contribution in [0.25, 0.3) is 17.0 Å². The maximum atomic E-state index is 14.7. The fourth-order valence-corrected chi connectivity index (χ4v) is 4.03. The molecule has 0 unspecified atom stereocenters. The highest BCUT2D eigenvalue weighted by molar-refractivity contribution is 5.66. The molecule has 1 aromatic carbocycles. The second-order valence-corrected chi connectivity index (χ2v) is 8.07. The summed E-state index contributed by atoms with van der Waals surface area (Å²) in [7, 11) is 0. The molecule has 164 valence electrons. The molecule has 5 rings (SSSR count). The van der Waals surface area contributed by atoms with Crippen LogP contribution in [0.1, 0.15) is 25.7 Å². The van der Waals surface area contributed by atoms with Crippen LogP contribution in [-0.2, 0) is 0 Å². The number of hydrogen-bond donors (Lipinski definition) is 3. The quantitative estimate of drug-likeness (QED) is 0.428. The minimum absolute atomic E-state index is 0.158. The Morgan fingerprint density at radius 3 is 2.62 bits per heavy atom. The third-order valence-corrected chi connectivity index (χ3v) is 5.71.